The van der Waals surface area contributed by atoms with Crippen LogP contribution in [0, 0.1) is 12.8 Å². The van der Waals surface area contributed by atoms with Crippen molar-refractivity contribution in [3.63, 3.8) is 0 Å². The van der Waals surface area contributed by atoms with Crippen molar-refractivity contribution < 1.29 is 9.59 Å². The molecule has 7 heteroatoms. The lowest BCUT2D eigenvalue weighted by molar-refractivity contribution is -0.128. The van der Waals surface area contributed by atoms with Crippen LogP contribution in [0.4, 0.5) is 0 Å². The zero-order valence-corrected chi connectivity index (χ0v) is 13.1. The summed E-state index contributed by atoms with van der Waals surface area (Å²) in [6.07, 6.45) is 2.57. The minimum Gasteiger partial charge on any atom is -0.369 e. The number of thiazole rings is 1. The van der Waals surface area contributed by atoms with E-state index in [2.05, 4.69) is 10.3 Å². The Morgan fingerprint density at radius 1 is 1.57 bits per heavy atom. The van der Waals surface area contributed by atoms with Gasteiger partial charge in [0, 0.05) is 30.6 Å². The van der Waals surface area contributed by atoms with E-state index in [1.54, 1.807) is 11.3 Å². The van der Waals surface area contributed by atoms with Gasteiger partial charge in [-0.1, -0.05) is 0 Å². The number of primary amides is 1. The van der Waals surface area contributed by atoms with Crippen molar-refractivity contribution in [1.29, 1.82) is 0 Å². The molecule has 1 saturated heterocycles. The maximum Gasteiger partial charge on any atom is 0.231 e. The van der Waals surface area contributed by atoms with Crippen LogP contribution < -0.4 is 11.1 Å². The van der Waals surface area contributed by atoms with Crippen LogP contribution in [-0.4, -0.2) is 47.9 Å². The third kappa shape index (κ3) is 5.09. The number of nitrogens with two attached hydrogens (primary N) is 1. The van der Waals surface area contributed by atoms with Crippen molar-refractivity contribution in [2.45, 2.75) is 26.2 Å². The van der Waals surface area contributed by atoms with Crippen LogP contribution in [0.3, 0.4) is 0 Å². The van der Waals surface area contributed by atoms with E-state index in [0.29, 0.717) is 13.1 Å². The van der Waals surface area contributed by atoms with Crippen LogP contribution in [0.5, 0.6) is 0 Å². The van der Waals surface area contributed by atoms with Gasteiger partial charge >= 0.3 is 0 Å². The lowest BCUT2D eigenvalue weighted by Gasteiger charge is -2.30. The van der Waals surface area contributed by atoms with Gasteiger partial charge in [-0.05, 0) is 26.3 Å². The second kappa shape index (κ2) is 7.51. The number of likely N-dealkylation sites (tertiary alicyclic amines) is 1. The van der Waals surface area contributed by atoms with Crippen molar-refractivity contribution in [2.24, 2.45) is 11.7 Å². The third-order valence-electron chi connectivity index (χ3n) is 3.56. The Morgan fingerprint density at radius 2 is 2.38 bits per heavy atom. The van der Waals surface area contributed by atoms with E-state index in [-0.39, 0.29) is 24.3 Å². The summed E-state index contributed by atoms with van der Waals surface area (Å²) < 4.78 is 0. The summed E-state index contributed by atoms with van der Waals surface area (Å²) in [6, 6.07) is 0. The third-order valence-corrected chi connectivity index (χ3v) is 4.59. The second-order valence-corrected chi connectivity index (χ2v) is 6.41. The molecular formula is C14H22N4O2S. The minimum absolute atomic E-state index is 0.0452. The Hall–Kier alpha value is -1.47. The van der Waals surface area contributed by atoms with E-state index in [1.807, 2.05) is 17.2 Å². The van der Waals surface area contributed by atoms with E-state index < -0.39 is 0 Å². The topological polar surface area (TPSA) is 88.3 Å². The first-order valence-corrected chi connectivity index (χ1v) is 8.12. The number of aryl methyl sites for hydroxylation is 1. The summed E-state index contributed by atoms with van der Waals surface area (Å²) in [5.41, 5.74) is 6.23. The molecule has 1 fully saturated rings. The average Bonchev–Trinajstić information content (AvgIpc) is 2.84. The quantitative estimate of drug-likeness (QED) is 0.791. The molecule has 2 heterocycles. The predicted molar refractivity (Wildman–Crippen MR) is 81.9 cm³/mol. The highest BCUT2D eigenvalue weighted by Crippen LogP contribution is 2.16. The van der Waals surface area contributed by atoms with Gasteiger partial charge in [-0.2, -0.15) is 0 Å². The Balaban J connectivity index is 1.73. The van der Waals surface area contributed by atoms with Gasteiger partial charge in [0.05, 0.1) is 17.5 Å². The number of piperidine rings is 1. The number of aromatic nitrogens is 1. The molecule has 0 spiro atoms. The van der Waals surface area contributed by atoms with Gasteiger partial charge in [0.15, 0.2) is 0 Å². The van der Waals surface area contributed by atoms with Crippen molar-refractivity contribution in [2.75, 3.05) is 26.2 Å². The molecule has 1 aromatic heterocycles. The summed E-state index contributed by atoms with van der Waals surface area (Å²) in [7, 11) is 0. The smallest absolute Gasteiger partial charge is 0.231 e. The highest BCUT2D eigenvalue weighted by molar-refractivity contribution is 7.09. The Morgan fingerprint density at radius 3 is 3.05 bits per heavy atom. The van der Waals surface area contributed by atoms with E-state index in [4.69, 9.17) is 5.73 Å². The number of carbonyl (C=O) groups excluding carboxylic acids is 2. The molecule has 0 aromatic carbocycles. The monoisotopic (exact) mass is 310 g/mol. The van der Waals surface area contributed by atoms with Gasteiger partial charge in [-0.25, -0.2) is 4.98 Å². The van der Waals surface area contributed by atoms with Gasteiger partial charge in [0.2, 0.25) is 11.8 Å². The molecule has 1 aromatic rings. The van der Waals surface area contributed by atoms with Crippen LogP contribution in [-0.2, 0) is 16.0 Å². The fraction of sp³-hybridized carbons (Fsp3) is 0.643. The maximum absolute atomic E-state index is 12.2. The molecule has 6 nitrogen and oxygen atoms in total. The highest BCUT2D eigenvalue weighted by Gasteiger charge is 2.26. The van der Waals surface area contributed by atoms with E-state index in [1.165, 1.54) is 0 Å². The second-order valence-electron chi connectivity index (χ2n) is 5.46. The molecular weight excluding hydrogens is 288 g/mol. The van der Waals surface area contributed by atoms with Crippen LogP contribution in [0.15, 0.2) is 5.38 Å². The zero-order chi connectivity index (χ0) is 15.2. The summed E-state index contributed by atoms with van der Waals surface area (Å²) in [6.45, 7) is 4.27. The van der Waals surface area contributed by atoms with Gasteiger partial charge in [-0.3, -0.25) is 14.5 Å². The highest BCUT2D eigenvalue weighted by atomic mass is 32.1. The number of nitrogens with zero attached hydrogens (tertiary/aromatic N) is 2. The van der Waals surface area contributed by atoms with Crippen molar-refractivity contribution in [3.05, 3.63) is 16.1 Å². The molecule has 1 unspecified atom stereocenters. The van der Waals surface area contributed by atoms with Gasteiger partial charge in [0.1, 0.15) is 0 Å². The van der Waals surface area contributed by atoms with Crippen molar-refractivity contribution in [1.82, 2.24) is 15.2 Å². The first-order valence-electron chi connectivity index (χ1n) is 7.24. The fourth-order valence-corrected chi connectivity index (χ4v) is 3.36. The van der Waals surface area contributed by atoms with Crippen molar-refractivity contribution in [3.8, 4) is 0 Å². The van der Waals surface area contributed by atoms with Crippen LogP contribution >= 0.6 is 11.3 Å². The summed E-state index contributed by atoms with van der Waals surface area (Å²) in [5.74, 6) is -0.316. The number of hydrogen-bond acceptors (Lipinski definition) is 5. The lowest BCUT2D eigenvalue weighted by atomic mass is 9.97. The molecule has 0 radical (unpaired) electrons. The largest absolute Gasteiger partial charge is 0.369 e. The summed E-state index contributed by atoms with van der Waals surface area (Å²) in [5, 5.41) is 6.03. The molecule has 0 saturated carbocycles. The number of amides is 2. The Kier molecular flexibility index (Phi) is 5.69. The Bertz CT molecular complexity index is 503. The number of nitrogens with one attached hydrogen (secondary N) is 1. The van der Waals surface area contributed by atoms with Crippen LogP contribution in [0.25, 0.3) is 0 Å². The molecule has 0 bridgehead atoms. The zero-order valence-electron chi connectivity index (χ0n) is 12.3. The average molecular weight is 310 g/mol. The number of rotatable bonds is 6. The van der Waals surface area contributed by atoms with Crippen molar-refractivity contribution >= 4 is 23.2 Å². The lowest BCUT2D eigenvalue weighted by Crippen LogP contribution is -2.46. The van der Waals surface area contributed by atoms with Gasteiger partial charge < -0.3 is 11.1 Å². The summed E-state index contributed by atoms with van der Waals surface area (Å²) >= 11 is 1.62. The standard InChI is InChI=1S/C14H22N4O2S/c1-10-9-21-13(17-10)4-5-16-14(20)11-3-2-6-18(7-11)8-12(15)19/h9,11H,2-8H2,1H3,(H2,15,19)(H,16,20). The fourth-order valence-electron chi connectivity index (χ4n) is 2.59. The van der Waals surface area contributed by atoms with Gasteiger partial charge in [0.25, 0.3) is 0 Å². The maximum atomic E-state index is 12.2. The molecule has 2 amide bonds. The molecule has 21 heavy (non-hydrogen) atoms. The molecule has 3 N–H and O–H groups in total. The normalized spacial score (nSPS) is 19.4. The first-order chi connectivity index (χ1) is 10.0. The van der Waals surface area contributed by atoms with E-state index in [9.17, 15) is 9.59 Å². The summed E-state index contributed by atoms with van der Waals surface area (Å²) in [4.78, 5) is 29.4. The number of hydrogen-bond donors (Lipinski definition) is 2. The van der Waals surface area contributed by atoms with Gasteiger partial charge in [-0.15, -0.1) is 11.3 Å². The first kappa shape index (κ1) is 15.9. The van der Waals surface area contributed by atoms with Crippen LogP contribution in [0.2, 0.25) is 0 Å². The molecule has 1 aliphatic rings. The predicted octanol–water partition coefficient (Wildman–Crippen LogP) is 0.308. The van der Waals surface area contributed by atoms with E-state index in [0.717, 1.165) is 36.5 Å². The Labute approximate surface area is 128 Å². The molecule has 1 aliphatic heterocycles. The molecule has 116 valence electrons. The van der Waals surface area contributed by atoms with Crippen LogP contribution in [0.1, 0.15) is 23.5 Å². The molecule has 1 atom stereocenters. The number of carbonyl (C=O) groups is 2. The SMILES string of the molecule is Cc1csc(CCNC(=O)C2CCCN(CC(N)=O)C2)n1. The van der Waals surface area contributed by atoms with E-state index >= 15 is 0 Å². The molecule has 0 aliphatic carbocycles. The minimum atomic E-state index is -0.338. The molecule has 2 rings (SSSR count).